The molecule has 1 atom stereocenters. The smallest absolute Gasteiger partial charge is 0.395 e. The fraction of sp³-hybridized carbons (Fsp3) is 0.500. The van der Waals surface area contributed by atoms with Crippen LogP contribution in [0.5, 0.6) is 11.5 Å². The zero-order chi connectivity index (χ0) is 23.3. The summed E-state index contributed by atoms with van der Waals surface area (Å²) in [6.45, 7) is 2.85. The van der Waals surface area contributed by atoms with Crippen molar-refractivity contribution in [3.63, 3.8) is 0 Å². The van der Waals surface area contributed by atoms with Crippen molar-refractivity contribution < 1.29 is 28.1 Å². The molecule has 10 heteroatoms. The molecule has 5 heterocycles. The fourth-order valence-corrected chi connectivity index (χ4v) is 5.23. The molecule has 1 unspecified atom stereocenters. The van der Waals surface area contributed by atoms with Crippen LogP contribution in [0.25, 0.3) is 11.2 Å². The second-order valence-electron chi connectivity index (χ2n) is 9.16. The normalized spacial score (nSPS) is 22.3. The lowest BCUT2D eigenvalue weighted by Crippen LogP contribution is -2.36. The number of ether oxygens (including phenoxy) is 3. The second-order valence-corrected chi connectivity index (χ2v) is 9.16. The number of pyridine rings is 1. The monoisotopic (exact) mass is 472 g/mol. The second kappa shape index (κ2) is 8.44. The van der Waals surface area contributed by atoms with Crippen LogP contribution in [0.15, 0.2) is 30.5 Å². The van der Waals surface area contributed by atoms with E-state index in [1.165, 1.54) is 17.7 Å². The highest BCUT2D eigenvalue weighted by molar-refractivity contribution is 5.75. The predicted molar refractivity (Wildman–Crippen MR) is 118 cm³/mol. The van der Waals surface area contributed by atoms with Crippen molar-refractivity contribution in [1.29, 1.82) is 0 Å². The number of piperidine rings is 1. The van der Waals surface area contributed by atoms with Gasteiger partial charge in [-0.1, -0.05) is 6.07 Å². The summed E-state index contributed by atoms with van der Waals surface area (Å²) in [6, 6.07) is 6.46. The number of alkyl halides is 2. The maximum Gasteiger partial charge on any atom is 0.586 e. The number of hydrogen-bond acceptors (Lipinski definition) is 7. The van der Waals surface area contributed by atoms with Crippen molar-refractivity contribution in [3.05, 3.63) is 47.4 Å². The molecule has 3 aliphatic rings. The SMILES string of the molecule is OC(c1ccc2c(c1)OC(F)(F)O2)N1CCC(c2ccnc3[nH]c(C4CCOCC4)nc23)CC1. The van der Waals surface area contributed by atoms with Gasteiger partial charge in [0.15, 0.2) is 17.1 Å². The molecule has 6 rings (SSSR count). The van der Waals surface area contributed by atoms with E-state index in [2.05, 4.69) is 19.4 Å². The standard InChI is InChI=1S/C24H26F2N4O4/c25-24(26)33-18-2-1-16(13-19(18)34-24)23(31)30-9-4-14(5-10-30)17-3-8-27-22-20(17)28-21(29-22)15-6-11-32-12-7-15/h1-3,8,13-15,23,31H,4-7,9-12H2,(H,27,28,29). The number of fused-ring (bicyclic) bond motifs is 2. The number of H-pyrrole nitrogens is 1. The van der Waals surface area contributed by atoms with Gasteiger partial charge in [0.1, 0.15) is 17.6 Å². The van der Waals surface area contributed by atoms with E-state index in [0.29, 0.717) is 30.5 Å². The molecule has 3 aliphatic heterocycles. The highest BCUT2D eigenvalue weighted by Gasteiger charge is 2.43. The van der Waals surface area contributed by atoms with Gasteiger partial charge in [-0.05, 0) is 60.9 Å². The van der Waals surface area contributed by atoms with Gasteiger partial charge in [-0.3, -0.25) is 4.90 Å². The van der Waals surface area contributed by atoms with Gasteiger partial charge in [0.05, 0.1) is 0 Å². The molecule has 0 bridgehead atoms. The molecule has 2 N–H and O–H groups in total. The van der Waals surface area contributed by atoms with Crippen LogP contribution in [0, 0.1) is 0 Å². The molecule has 8 nitrogen and oxygen atoms in total. The predicted octanol–water partition coefficient (Wildman–Crippen LogP) is 4.04. The average Bonchev–Trinajstić information content (AvgIpc) is 3.43. The van der Waals surface area contributed by atoms with Gasteiger partial charge in [-0.2, -0.15) is 0 Å². The van der Waals surface area contributed by atoms with Crippen LogP contribution in [0.4, 0.5) is 8.78 Å². The molecule has 34 heavy (non-hydrogen) atoms. The Kier molecular flexibility index (Phi) is 5.39. The molecular formula is C24H26F2N4O4. The first-order valence-corrected chi connectivity index (χ1v) is 11.7. The number of aromatic nitrogens is 3. The van der Waals surface area contributed by atoms with Gasteiger partial charge >= 0.3 is 6.29 Å². The van der Waals surface area contributed by atoms with E-state index < -0.39 is 12.5 Å². The molecule has 1 aromatic carbocycles. The molecule has 3 aromatic rings. The van der Waals surface area contributed by atoms with Crippen molar-refractivity contribution >= 4 is 11.2 Å². The number of aliphatic hydroxyl groups excluding tert-OH is 1. The Morgan fingerprint density at radius 2 is 1.79 bits per heavy atom. The molecule has 0 spiro atoms. The first-order valence-electron chi connectivity index (χ1n) is 11.7. The van der Waals surface area contributed by atoms with E-state index in [1.54, 1.807) is 6.07 Å². The Morgan fingerprint density at radius 1 is 1.03 bits per heavy atom. The third-order valence-corrected chi connectivity index (χ3v) is 7.08. The summed E-state index contributed by atoms with van der Waals surface area (Å²) in [5, 5.41) is 10.9. The molecule has 2 saturated heterocycles. The number of aromatic amines is 1. The van der Waals surface area contributed by atoms with E-state index in [-0.39, 0.29) is 11.5 Å². The van der Waals surface area contributed by atoms with Gasteiger partial charge in [-0.15, -0.1) is 8.78 Å². The van der Waals surface area contributed by atoms with Gasteiger partial charge in [0.2, 0.25) is 0 Å². The van der Waals surface area contributed by atoms with Crippen LogP contribution in [0.2, 0.25) is 0 Å². The molecule has 0 aliphatic carbocycles. The number of nitrogens with one attached hydrogen (secondary N) is 1. The fourth-order valence-electron chi connectivity index (χ4n) is 5.23. The van der Waals surface area contributed by atoms with Crippen molar-refractivity contribution in [3.8, 4) is 11.5 Å². The van der Waals surface area contributed by atoms with E-state index in [4.69, 9.17) is 9.72 Å². The number of imidazole rings is 1. The largest absolute Gasteiger partial charge is 0.586 e. The third kappa shape index (κ3) is 3.99. The number of rotatable bonds is 4. The summed E-state index contributed by atoms with van der Waals surface area (Å²) in [5.74, 6) is 1.57. The van der Waals surface area contributed by atoms with Crippen molar-refractivity contribution in [2.75, 3.05) is 26.3 Å². The van der Waals surface area contributed by atoms with Crippen molar-refractivity contribution in [2.45, 2.75) is 50.0 Å². The maximum absolute atomic E-state index is 13.3. The zero-order valence-electron chi connectivity index (χ0n) is 18.5. The Hall–Kier alpha value is -2.82. The van der Waals surface area contributed by atoms with Crippen LogP contribution >= 0.6 is 0 Å². The minimum absolute atomic E-state index is 0.0273. The third-order valence-electron chi connectivity index (χ3n) is 7.08. The summed E-state index contributed by atoms with van der Waals surface area (Å²) in [4.78, 5) is 14.8. The van der Waals surface area contributed by atoms with Crippen LogP contribution in [0.1, 0.15) is 60.7 Å². The lowest BCUT2D eigenvalue weighted by Gasteiger charge is -2.35. The zero-order valence-corrected chi connectivity index (χ0v) is 18.5. The molecule has 0 saturated carbocycles. The lowest BCUT2D eigenvalue weighted by atomic mass is 9.89. The van der Waals surface area contributed by atoms with Crippen LogP contribution in [0.3, 0.4) is 0 Å². The number of benzene rings is 1. The van der Waals surface area contributed by atoms with Crippen molar-refractivity contribution in [1.82, 2.24) is 19.9 Å². The number of halogens is 2. The average molecular weight is 472 g/mol. The topological polar surface area (TPSA) is 92.7 Å². The number of likely N-dealkylation sites (tertiary alicyclic amines) is 1. The van der Waals surface area contributed by atoms with E-state index >= 15 is 0 Å². The van der Waals surface area contributed by atoms with E-state index in [0.717, 1.165) is 55.9 Å². The van der Waals surface area contributed by atoms with Crippen LogP contribution < -0.4 is 9.47 Å². The van der Waals surface area contributed by atoms with E-state index in [9.17, 15) is 13.9 Å². The molecule has 0 radical (unpaired) electrons. The van der Waals surface area contributed by atoms with E-state index in [1.807, 2.05) is 17.2 Å². The summed E-state index contributed by atoms with van der Waals surface area (Å²) in [5.41, 5.74) is 3.43. The van der Waals surface area contributed by atoms with Crippen LogP contribution in [-0.2, 0) is 4.74 Å². The molecular weight excluding hydrogens is 446 g/mol. The number of nitrogens with zero attached hydrogens (tertiary/aromatic N) is 3. The summed E-state index contributed by atoms with van der Waals surface area (Å²) >= 11 is 0. The first-order chi connectivity index (χ1) is 16.5. The number of hydrogen-bond donors (Lipinski definition) is 2. The summed E-state index contributed by atoms with van der Waals surface area (Å²) < 4.78 is 41.1. The maximum atomic E-state index is 13.3. The van der Waals surface area contributed by atoms with Crippen molar-refractivity contribution in [2.24, 2.45) is 0 Å². The Balaban J connectivity index is 1.15. The van der Waals surface area contributed by atoms with Gasteiger partial charge in [-0.25, -0.2) is 9.97 Å². The highest BCUT2D eigenvalue weighted by Crippen LogP contribution is 2.43. The Bertz CT molecular complexity index is 1190. The number of aliphatic hydroxyl groups is 1. The highest BCUT2D eigenvalue weighted by atomic mass is 19.3. The molecule has 2 aromatic heterocycles. The van der Waals surface area contributed by atoms with Gasteiger partial charge in [0, 0.05) is 38.4 Å². The lowest BCUT2D eigenvalue weighted by molar-refractivity contribution is -0.286. The Labute approximate surface area is 194 Å². The van der Waals surface area contributed by atoms with Gasteiger partial charge < -0.3 is 24.3 Å². The molecule has 2 fully saturated rings. The summed E-state index contributed by atoms with van der Waals surface area (Å²) in [6.07, 6.45) is 0.860. The first kappa shape index (κ1) is 21.7. The van der Waals surface area contributed by atoms with Gasteiger partial charge in [0.25, 0.3) is 0 Å². The molecule has 180 valence electrons. The van der Waals surface area contributed by atoms with Crippen LogP contribution in [-0.4, -0.2) is 57.6 Å². The minimum atomic E-state index is -3.67. The quantitative estimate of drug-likeness (QED) is 0.592. The molecule has 0 amide bonds. The minimum Gasteiger partial charge on any atom is -0.395 e. The Morgan fingerprint density at radius 3 is 2.59 bits per heavy atom. The summed E-state index contributed by atoms with van der Waals surface area (Å²) in [7, 11) is 0.